The highest BCUT2D eigenvalue weighted by Gasteiger charge is 2.63. The van der Waals surface area contributed by atoms with Gasteiger partial charge in [-0.1, -0.05) is 32.4 Å². The molecule has 2 aliphatic heterocycles. The van der Waals surface area contributed by atoms with Crippen molar-refractivity contribution in [3.8, 4) is 0 Å². The molecular weight excluding hydrogens is 386 g/mol. The summed E-state index contributed by atoms with van der Waals surface area (Å²) in [6.07, 6.45) is 9.23. The van der Waals surface area contributed by atoms with Crippen molar-refractivity contribution in [3.63, 3.8) is 0 Å². The van der Waals surface area contributed by atoms with Gasteiger partial charge in [0.2, 0.25) is 0 Å². The lowest BCUT2D eigenvalue weighted by atomic mass is 9.56. The topological polar surface area (TPSA) is 58.6 Å². The van der Waals surface area contributed by atoms with Gasteiger partial charge in [-0.25, -0.2) is 0 Å². The van der Waals surface area contributed by atoms with Crippen molar-refractivity contribution < 1.29 is 14.6 Å². The number of fused-ring (bicyclic) bond motifs is 6. The molecule has 4 heteroatoms. The standard InChI is InChI=1S/C27H39NO3/c1-14-11-21-24(28-13-14)16(3)27(31-21)10-8-19-20-6-5-17-12-18(29)7-9-26(17,4)23(20)25(30)22(19)15(27)2/h5,14,16,18-21,23-24,28-29H,6-13H2,1-4H3/t14-,16+,18-,19+,20-,21+,23-,24+,26-,27+/m0/s1. The number of Topliss-reactive ketones (excluding diaryl/α,β-unsaturated/α-hetero) is 1. The summed E-state index contributed by atoms with van der Waals surface area (Å²) in [5.41, 5.74) is 3.43. The molecule has 10 atom stereocenters. The van der Waals surface area contributed by atoms with Crippen molar-refractivity contribution in [2.24, 2.45) is 35.0 Å². The van der Waals surface area contributed by atoms with Gasteiger partial charge in [-0.15, -0.1) is 0 Å². The van der Waals surface area contributed by atoms with E-state index in [2.05, 4.69) is 39.1 Å². The third-order valence-electron chi connectivity index (χ3n) is 10.6. The summed E-state index contributed by atoms with van der Waals surface area (Å²) in [5.74, 6) is 2.41. The molecule has 0 amide bonds. The Morgan fingerprint density at radius 3 is 2.84 bits per heavy atom. The van der Waals surface area contributed by atoms with Crippen LogP contribution in [0.3, 0.4) is 0 Å². The second kappa shape index (κ2) is 6.77. The van der Waals surface area contributed by atoms with Gasteiger partial charge < -0.3 is 15.2 Å². The lowest BCUT2D eigenvalue weighted by Gasteiger charge is -2.48. The van der Waals surface area contributed by atoms with Crippen LogP contribution in [0.2, 0.25) is 0 Å². The Kier molecular flexibility index (Phi) is 4.51. The lowest BCUT2D eigenvalue weighted by Crippen LogP contribution is -2.49. The Labute approximate surface area is 186 Å². The number of allylic oxidation sites excluding steroid dienone is 2. The van der Waals surface area contributed by atoms with E-state index in [1.54, 1.807) is 0 Å². The Morgan fingerprint density at radius 2 is 2.03 bits per heavy atom. The molecule has 0 aromatic carbocycles. The van der Waals surface area contributed by atoms with E-state index in [1.807, 2.05) is 0 Å². The number of ketones is 1. The summed E-state index contributed by atoms with van der Waals surface area (Å²) in [6, 6.07) is 0.410. The van der Waals surface area contributed by atoms with Gasteiger partial charge in [-0.05, 0) is 87.2 Å². The van der Waals surface area contributed by atoms with Crippen LogP contribution in [0.5, 0.6) is 0 Å². The molecule has 4 fully saturated rings. The number of piperidine rings is 1. The van der Waals surface area contributed by atoms with Crippen molar-refractivity contribution in [1.82, 2.24) is 5.32 Å². The average molecular weight is 426 g/mol. The number of ether oxygens (including phenoxy) is 1. The third kappa shape index (κ3) is 2.62. The maximum absolute atomic E-state index is 14.1. The smallest absolute Gasteiger partial charge is 0.163 e. The minimum absolute atomic E-state index is 0.0653. The Morgan fingerprint density at radius 1 is 1.23 bits per heavy atom. The molecule has 0 aromatic heterocycles. The first-order valence-electron chi connectivity index (χ1n) is 12.8. The third-order valence-corrected chi connectivity index (χ3v) is 10.6. The first-order chi connectivity index (χ1) is 14.8. The van der Waals surface area contributed by atoms with Crippen LogP contribution in [-0.2, 0) is 9.53 Å². The van der Waals surface area contributed by atoms with E-state index in [0.717, 1.165) is 57.1 Å². The van der Waals surface area contributed by atoms with Crippen molar-refractivity contribution >= 4 is 5.78 Å². The molecule has 2 heterocycles. The zero-order chi connectivity index (χ0) is 21.7. The number of hydrogen-bond donors (Lipinski definition) is 2. The Balaban J connectivity index is 1.39. The monoisotopic (exact) mass is 425 g/mol. The molecule has 2 saturated carbocycles. The zero-order valence-corrected chi connectivity index (χ0v) is 19.6. The molecule has 4 nitrogen and oxygen atoms in total. The van der Waals surface area contributed by atoms with E-state index in [4.69, 9.17) is 4.74 Å². The predicted molar refractivity (Wildman–Crippen MR) is 120 cm³/mol. The number of carbonyl (C=O) groups is 1. The zero-order valence-electron chi connectivity index (χ0n) is 19.6. The van der Waals surface area contributed by atoms with E-state index in [-0.39, 0.29) is 29.1 Å². The van der Waals surface area contributed by atoms with Crippen LogP contribution >= 0.6 is 0 Å². The number of nitrogens with one attached hydrogen (secondary N) is 1. The minimum atomic E-state index is -0.263. The second-order valence-corrected chi connectivity index (χ2v) is 12.1. The summed E-state index contributed by atoms with van der Waals surface area (Å²) in [6.45, 7) is 10.3. The number of rotatable bonds is 0. The van der Waals surface area contributed by atoms with E-state index in [0.29, 0.717) is 35.5 Å². The summed E-state index contributed by atoms with van der Waals surface area (Å²) in [5, 5.41) is 14.0. The fourth-order valence-electron chi connectivity index (χ4n) is 8.93. The van der Waals surface area contributed by atoms with Gasteiger partial charge in [0.1, 0.15) is 0 Å². The molecule has 4 aliphatic carbocycles. The van der Waals surface area contributed by atoms with E-state index >= 15 is 0 Å². The van der Waals surface area contributed by atoms with Gasteiger partial charge in [0.25, 0.3) is 0 Å². The molecule has 31 heavy (non-hydrogen) atoms. The van der Waals surface area contributed by atoms with Crippen molar-refractivity contribution in [3.05, 3.63) is 22.8 Å². The van der Waals surface area contributed by atoms with Crippen LogP contribution in [0.1, 0.15) is 72.6 Å². The van der Waals surface area contributed by atoms with Crippen molar-refractivity contribution in [1.29, 1.82) is 0 Å². The van der Waals surface area contributed by atoms with Crippen LogP contribution in [-0.4, -0.2) is 41.3 Å². The largest absolute Gasteiger partial charge is 0.393 e. The first-order valence-corrected chi connectivity index (χ1v) is 12.8. The molecule has 170 valence electrons. The molecule has 0 unspecified atom stereocenters. The Bertz CT molecular complexity index is 876. The van der Waals surface area contributed by atoms with Gasteiger partial charge in [-0.3, -0.25) is 4.79 Å². The van der Waals surface area contributed by atoms with E-state index in [1.165, 1.54) is 11.1 Å². The molecule has 0 radical (unpaired) electrons. The molecule has 6 rings (SSSR count). The molecular formula is C27H39NO3. The maximum Gasteiger partial charge on any atom is 0.163 e. The maximum atomic E-state index is 14.1. The molecule has 2 saturated heterocycles. The molecule has 2 N–H and O–H groups in total. The summed E-state index contributed by atoms with van der Waals surface area (Å²) < 4.78 is 6.93. The van der Waals surface area contributed by atoms with Crippen molar-refractivity contribution in [2.45, 2.75) is 96.5 Å². The summed E-state index contributed by atoms with van der Waals surface area (Å²) in [7, 11) is 0. The fraction of sp³-hybridized carbons (Fsp3) is 0.815. The van der Waals surface area contributed by atoms with Gasteiger partial charge in [0.15, 0.2) is 5.78 Å². The lowest BCUT2D eigenvalue weighted by molar-refractivity contribution is -0.123. The van der Waals surface area contributed by atoms with E-state index in [9.17, 15) is 9.90 Å². The second-order valence-electron chi connectivity index (χ2n) is 12.1. The number of aliphatic hydroxyl groups excluding tert-OH is 1. The van der Waals surface area contributed by atoms with Gasteiger partial charge in [0, 0.05) is 23.5 Å². The molecule has 6 aliphatic rings. The molecule has 0 aromatic rings. The van der Waals surface area contributed by atoms with E-state index < -0.39 is 0 Å². The van der Waals surface area contributed by atoms with Crippen LogP contribution in [0.4, 0.5) is 0 Å². The Hall–Kier alpha value is -0.970. The number of aliphatic hydroxyl groups is 1. The molecule has 0 bridgehead atoms. The highest BCUT2D eigenvalue weighted by molar-refractivity contribution is 6.02. The van der Waals surface area contributed by atoms with Crippen molar-refractivity contribution in [2.75, 3.05) is 6.54 Å². The number of hydrogen-bond acceptors (Lipinski definition) is 4. The first kappa shape index (κ1) is 20.6. The van der Waals surface area contributed by atoms with Gasteiger partial charge in [0.05, 0.1) is 17.8 Å². The fourth-order valence-corrected chi connectivity index (χ4v) is 8.93. The van der Waals surface area contributed by atoms with Gasteiger partial charge >= 0.3 is 0 Å². The van der Waals surface area contributed by atoms with Crippen LogP contribution in [0.25, 0.3) is 0 Å². The average Bonchev–Trinajstić information content (AvgIpc) is 3.18. The van der Waals surface area contributed by atoms with Gasteiger partial charge in [-0.2, -0.15) is 0 Å². The summed E-state index contributed by atoms with van der Waals surface area (Å²) in [4.78, 5) is 14.1. The number of carbonyl (C=O) groups excluding carboxylic acids is 1. The predicted octanol–water partition coefficient (Wildman–Crippen LogP) is 4.18. The van der Waals surface area contributed by atoms with Crippen LogP contribution < -0.4 is 5.32 Å². The summed E-state index contributed by atoms with van der Waals surface area (Å²) >= 11 is 0. The van der Waals surface area contributed by atoms with Crippen LogP contribution in [0.15, 0.2) is 22.8 Å². The minimum Gasteiger partial charge on any atom is -0.393 e. The normalized spacial score (nSPS) is 53.7. The highest BCUT2D eigenvalue weighted by Crippen LogP contribution is 2.63. The SMILES string of the molecule is CC1=C2C(=O)[C@@H]3[C@@H](CC=C4C[C@@H](O)CC[C@@]43C)[C@H]2CC[C@@]12O[C@@H]1C[C@H](C)CN[C@@H]1[C@H]2C. The quantitative estimate of drug-likeness (QED) is 0.572. The highest BCUT2D eigenvalue weighted by atomic mass is 16.5. The van der Waals surface area contributed by atoms with Crippen LogP contribution in [0, 0.1) is 35.0 Å². The molecule has 1 spiro atoms.